The summed E-state index contributed by atoms with van der Waals surface area (Å²) in [4.78, 5) is 23.8. The predicted molar refractivity (Wildman–Crippen MR) is 109 cm³/mol. The Bertz CT molecular complexity index is 886. The van der Waals surface area contributed by atoms with Crippen LogP contribution in [0.1, 0.15) is 17.5 Å². The van der Waals surface area contributed by atoms with Crippen molar-refractivity contribution in [2.45, 2.75) is 25.9 Å². The Labute approximate surface area is 177 Å². The molecule has 3 N–H and O–H groups in total. The van der Waals surface area contributed by atoms with Gasteiger partial charge in [0.15, 0.2) is 18.1 Å². The molecule has 0 aromatic heterocycles. The molecule has 0 saturated carbocycles. The van der Waals surface area contributed by atoms with Crippen LogP contribution in [-0.2, 0) is 16.0 Å². The molecule has 0 fully saturated rings. The second-order valence-electron chi connectivity index (χ2n) is 6.70. The summed E-state index contributed by atoms with van der Waals surface area (Å²) in [5.41, 5.74) is 7.17. The van der Waals surface area contributed by atoms with Crippen LogP contribution in [0.25, 0.3) is 0 Å². The Kier molecular flexibility index (Phi) is 8.53. The number of rotatable bonds is 9. The summed E-state index contributed by atoms with van der Waals surface area (Å²) >= 11 is 0. The Hall–Kier alpha value is -3.43. The van der Waals surface area contributed by atoms with Crippen LogP contribution >= 0.6 is 0 Å². The van der Waals surface area contributed by atoms with Crippen LogP contribution in [-0.4, -0.2) is 38.3 Å². The molecule has 2 aromatic carbocycles. The molecular formula is C21H24F3N3O4. The van der Waals surface area contributed by atoms with Crippen LogP contribution in [0.15, 0.2) is 42.5 Å². The Morgan fingerprint density at radius 3 is 2.29 bits per heavy atom. The van der Waals surface area contributed by atoms with E-state index in [-0.39, 0.29) is 24.5 Å². The number of nitrogens with one attached hydrogen (secondary N) is 3. The number of hydrogen-bond acceptors (Lipinski definition) is 5. The maximum absolute atomic E-state index is 12.3. The average Bonchev–Trinajstić information content (AvgIpc) is 2.74. The minimum Gasteiger partial charge on any atom is -0.493 e. The number of alkyl halides is 3. The topological polar surface area (TPSA) is 88.7 Å². The lowest BCUT2D eigenvalue weighted by atomic mass is 10.1. The van der Waals surface area contributed by atoms with Gasteiger partial charge >= 0.3 is 6.18 Å². The Morgan fingerprint density at radius 2 is 1.65 bits per heavy atom. The molecule has 0 aliphatic heterocycles. The molecular weight excluding hydrogens is 415 g/mol. The Balaban J connectivity index is 1.74. The maximum atomic E-state index is 12.3. The molecule has 168 valence electrons. The standard InChI is InChI=1S/C21H24F3N3O4/c1-14-3-7-16(8-4-14)25-12-20(29)27-26-19(28)10-6-15-5-9-17(18(11-15)30-2)31-13-21(22,23)24/h3-5,7-9,11,25H,6,10,12-13H2,1-2H3,(H,26,28)(H,27,29). The molecule has 0 saturated heterocycles. The molecule has 10 heteroatoms. The number of hydrogen-bond donors (Lipinski definition) is 3. The molecule has 0 aliphatic rings. The lowest BCUT2D eigenvalue weighted by Gasteiger charge is -2.13. The molecule has 0 heterocycles. The fourth-order valence-corrected chi connectivity index (χ4v) is 2.50. The number of benzene rings is 2. The van der Waals surface area contributed by atoms with Gasteiger partial charge in [0.25, 0.3) is 5.91 Å². The van der Waals surface area contributed by atoms with Gasteiger partial charge in [0.05, 0.1) is 13.7 Å². The molecule has 0 aliphatic carbocycles. The monoisotopic (exact) mass is 439 g/mol. The number of halogens is 3. The number of carbonyl (C=O) groups excluding carboxylic acids is 2. The van der Waals surface area contributed by atoms with Crippen LogP contribution < -0.4 is 25.6 Å². The van der Waals surface area contributed by atoms with Crippen molar-refractivity contribution in [2.75, 3.05) is 25.6 Å². The molecule has 2 amide bonds. The number of methoxy groups -OCH3 is 1. The predicted octanol–water partition coefficient (Wildman–Crippen LogP) is 3.14. The van der Waals surface area contributed by atoms with Gasteiger partial charge in [-0.05, 0) is 43.2 Å². The van der Waals surface area contributed by atoms with Crippen LogP contribution in [0.2, 0.25) is 0 Å². The first-order valence-corrected chi connectivity index (χ1v) is 9.41. The summed E-state index contributed by atoms with van der Waals surface area (Å²) in [5, 5.41) is 2.93. The molecule has 0 bridgehead atoms. The van der Waals surface area contributed by atoms with Gasteiger partial charge in [0.1, 0.15) is 0 Å². The maximum Gasteiger partial charge on any atom is 0.422 e. The molecule has 0 radical (unpaired) electrons. The van der Waals surface area contributed by atoms with Gasteiger partial charge in [-0.25, -0.2) is 0 Å². The van der Waals surface area contributed by atoms with Crippen LogP contribution in [0.4, 0.5) is 18.9 Å². The minimum absolute atomic E-state index is 0.0140. The van der Waals surface area contributed by atoms with Crippen LogP contribution in [0, 0.1) is 6.92 Å². The number of carbonyl (C=O) groups is 2. The largest absolute Gasteiger partial charge is 0.493 e. The minimum atomic E-state index is -4.46. The second kappa shape index (κ2) is 11.1. The van der Waals surface area contributed by atoms with E-state index in [1.54, 1.807) is 6.07 Å². The van der Waals surface area contributed by atoms with Gasteiger partial charge < -0.3 is 14.8 Å². The van der Waals surface area contributed by atoms with E-state index in [0.717, 1.165) is 11.3 Å². The second-order valence-corrected chi connectivity index (χ2v) is 6.70. The van der Waals surface area contributed by atoms with Crippen LogP contribution in [0.5, 0.6) is 11.5 Å². The van der Waals surface area contributed by atoms with Gasteiger partial charge in [-0.2, -0.15) is 13.2 Å². The fourth-order valence-electron chi connectivity index (χ4n) is 2.50. The lowest BCUT2D eigenvalue weighted by Crippen LogP contribution is -2.44. The third-order valence-electron chi connectivity index (χ3n) is 4.11. The zero-order valence-corrected chi connectivity index (χ0v) is 17.1. The zero-order chi connectivity index (χ0) is 22.9. The number of amides is 2. The van der Waals surface area contributed by atoms with E-state index in [9.17, 15) is 22.8 Å². The molecule has 0 unspecified atom stereocenters. The highest BCUT2D eigenvalue weighted by atomic mass is 19.4. The highest BCUT2D eigenvalue weighted by Gasteiger charge is 2.29. The van der Waals surface area contributed by atoms with E-state index in [0.29, 0.717) is 12.0 Å². The molecule has 31 heavy (non-hydrogen) atoms. The molecule has 7 nitrogen and oxygen atoms in total. The van der Waals surface area contributed by atoms with E-state index in [1.807, 2.05) is 31.2 Å². The third-order valence-corrected chi connectivity index (χ3v) is 4.11. The Morgan fingerprint density at radius 1 is 0.968 bits per heavy atom. The average molecular weight is 439 g/mol. The molecule has 0 atom stereocenters. The highest BCUT2D eigenvalue weighted by molar-refractivity contribution is 5.84. The van der Waals surface area contributed by atoms with Crippen molar-refractivity contribution in [3.63, 3.8) is 0 Å². The molecule has 0 spiro atoms. The highest BCUT2D eigenvalue weighted by Crippen LogP contribution is 2.30. The first kappa shape index (κ1) is 23.8. The molecule has 2 aromatic rings. The number of ether oxygens (including phenoxy) is 2. The van der Waals surface area contributed by atoms with Gasteiger partial charge in [0, 0.05) is 12.1 Å². The molecule has 2 rings (SSSR count). The van der Waals surface area contributed by atoms with E-state index in [4.69, 9.17) is 9.47 Å². The first-order valence-electron chi connectivity index (χ1n) is 9.41. The fraction of sp³-hybridized carbons (Fsp3) is 0.333. The van der Waals surface area contributed by atoms with E-state index in [1.165, 1.54) is 19.2 Å². The third kappa shape index (κ3) is 8.85. The van der Waals surface area contributed by atoms with Gasteiger partial charge in [-0.1, -0.05) is 23.8 Å². The van der Waals surface area contributed by atoms with E-state index >= 15 is 0 Å². The first-order chi connectivity index (χ1) is 14.7. The smallest absolute Gasteiger partial charge is 0.422 e. The quantitative estimate of drug-likeness (QED) is 0.523. The number of aryl methyl sites for hydroxylation is 2. The summed E-state index contributed by atoms with van der Waals surface area (Å²) < 4.78 is 46.7. The van der Waals surface area contributed by atoms with E-state index in [2.05, 4.69) is 16.2 Å². The summed E-state index contributed by atoms with van der Waals surface area (Å²) in [7, 11) is 1.31. The van der Waals surface area contributed by atoms with Gasteiger partial charge in [-0.15, -0.1) is 0 Å². The summed E-state index contributed by atoms with van der Waals surface area (Å²) in [6, 6.07) is 11.9. The lowest BCUT2D eigenvalue weighted by molar-refractivity contribution is -0.153. The summed E-state index contributed by atoms with van der Waals surface area (Å²) in [6.45, 7) is 0.516. The number of hydrazine groups is 1. The van der Waals surface area contributed by atoms with Crippen molar-refractivity contribution >= 4 is 17.5 Å². The van der Waals surface area contributed by atoms with Crippen LogP contribution in [0.3, 0.4) is 0 Å². The normalized spacial score (nSPS) is 10.9. The zero-order valence-electron chi connectivity index (χ0n) is 17.1. The summed E-state index contributed by atoms with van der Waals surface area (Å²) in [6.07, 6.45) is -4.11. The van der Waals surface area contributed by atoms with Crippen molar-refractivity contribution < 1.29 is 32.2 Å². The van der Waals surface area contributed by atoms with Crippen molar-refractivity contribution in [3.8, 4) is 11.5 Å². The van der Waals surface area contributed by atoms with E-state index < -0.39 is 24.6 Å². The van der Waals surface area contributed by atoms with Gasteiger partial charge in [0.2, 0.25) is 5.91 Å². The number of anilines is 1. The van der Waals surface area contributed by atoms with Crippen molar-refractivity contribution in [1.82, 2.24) is 10.9 Å². The van der Waals surface area contributed by atoms with Crippen molar-refractivity contribution in [3.05, 3.63) is 53.6 Å². The van der Waals surface area contributed by atoms with Gasteiger partial charge in [-0.3, -0.25) is 20.4 Å². The van der Waals surface area contributed by atoms with Crippen molar-refractivity contribution in [2.24, 2.45) is 0 Å². The summed E-state index contributed by atoms with van der Waals surface area (Å²) in [5.74, 6) is -0.735. The SMILES string of the molecule is COc1cc(CCC(=O)NNC(=O)CNc2ccc(C)cc2)ccc1OCC(F)(F)F. The van der Waals surface area contributed by atoms with Crippen molar-refractivity contribution in [1.29, 1.82) is 0 Å².